The summed E-state index contributed by atoms with van der Waals surface area (Å²) in [6.45, 7) is 1.07. The third-order valence-corrected chi connectivity index (χ3v) is 7.02. The van der Waals surface area contributed by atoms with Gasteiger partial charge in [0.2, 0.25) is 5.91 Å². The molecule has 2 aromatic carbocycles. The molecule has 2 aliphatic rings. The van der Waals surface area contributed by atoms with Gasteiger partial charge in [-0.05, 0) is 66.8 Å². The number of nitrogens with zero attached hydrogens (tertiary/aromatic N) is 1. The summed E-state index contributed by atoms with van der Waals surface area (Å²) in [4.78, 5) is 27.1. The van der Waals surface area contributed by atoms with E-state index in [1.165, 1.54) is 5.56 Å². The first-order valence-electron chi connectivity index (χ1n) is 11.0. The number of amides is 1. The molecule has 1 heterocycles. The van der Waals surface area contributed by atoms with Crippen LogP contribution in [0.2, 0.25) is 5.02 Å². The van der Waals surface area contributed by atoms with Crippen LogP contribution in [0.3, 0.4) is 0 Å². The van der Waals surface area contributed by atoms with Gasteiger partial charge >= 0.3 is 5.97 Å². The summed E-state index contributed by atoms with van der Waals surface area (Å²) in [7, 11) is 0. The van der Waals surface area contributed by atoms with Crippen LogP contribution >= 0.6 is 11.6 Å². The molecule has 0 radical (unpaired) electrons. The number of carboxylic acids is 1. The number of nitrogens with two attached hydrogens (primary N) is 1. The molecule has 1 aliphatic heterocycles. The number of carbonyl (C=O) groups excluding carboxylic acids is 1. The molecule has 1 amide bonds. The van der Waals surface area contributed by atoms with Crippen molar-refractivity contribution in [1.29, 1.82) is 0 Å². The molecule has 31 heavy (non-hydrogen) atoms. The van der Waals surface area contributed by atoms with E-state index < -0.39 is 17.4 Å². The Kier molecular flexibility index (Phi) is 6.35. The van der Waals surface area contributed by atoms with Crippen molar-refractivity contribution in [2.24, 2.45) is 11.7 Å². The van der Waals surface area contributed by atoms with Crippen molar-refractivity contribution in [3.05, 3.63) is 70.2 Å². The predicted octanol–water partition coefficient (Wildman–Crippen LogP) is 4.02. The summed E-state index contributed by atoms with van der Waals surface area (Å²) in [6.07, 6.45) is 3.86. The molecule has 1 saturated heterocycles. The van der Waals surface area contributed by atoms with Crippen molar-refractivity contribution < 1.29 is 14.7 Å². The number of halogens is 1. The molecule has 0 saturated carbocycles. The molecule has 1 fully saturated rings. The number of hydrogen-bond donors (Lipinski definition) is 2. The van der Waals surface area contributed by atoms with Crippen molar-refractivity contribution in [2.45, 2.75) is 50.0 Å². The molecule has 2 unspecified atom stereocenters. The predicted molar refractivity (Wildman–Crippen MR) is 121 cm³/mol. The first-order chi connectivity index (χ1) is 14.8. The SMILES string of the molecule is NC1(Cc2ccc(Cl)cc2)CCCN(C(=O)C(CC(=O)O)[C@H]2CCc3ccccc32)C1. The van der Waals surface area contributed by atoms with Crippen molar-refractivity contribution in [3.8, 4) is 0 Å². The van der Waals surface area contributed by atoms with Crippen LogP contribution in [0.15, 0.2) is 48.5 Å². The van der Waals surface area contributed by atoms with Gasteiger partial charge in [-0.15, -0.1) is 0 Å². The summed E-state index contributed by atoms with van der Waals surface area (Å²) in [6, 6.07) is 15.7. The van der Waals surface area contributed by atoms with Crippen LogP contribution < -0.4 is 5.73 Å². The fraction of sp³-hybridized carbons (Fsp3) is 0.440. The number of piperidine rings is 1. The Morgan fingerprint density at radius 3 is 2.68 bits per heavy atom. The highest BCUT2D eigenvalue weighted by Gasteiger charge is 2.41. The summed E-state index contributed by atoms with van der Waals surface area (Å²) >= 11 is 6.00. The molecule has 6 heteroatoms. The molecule has 4 rings (SSSR count). The van der Waals surface area contributed by atoms with Gasteiger partial charge in [0.15, 0.2) is 0 Å². The molecule has 3 N–H and O–H groups in total. The van der Waals surface area contributed by atoms with Crippen LogP contribution in [-0.4, -0.2) is 40.5 Å². The number of rotatable bonds is 6. The highest BCUT2D eigenvalue weighted by atomic mass is 35.5. The lowest BCUT2D eigenvalue weighted by atomic mass is 9.81. The van der Waals surface area contributed by atoms with Crippen molar-refractivity contribution in [3.63, 3.8) is 0 Å². The summed E-state index contributed by atoms with van der Waals surface area (Å²) in [5.74, 6) is -1.61. The summed E-state index contributed by atoms with van der Waals surface area (Å²) in [5.41, 5.74) is 9.66. The lowest BCUT2D eigenvalue weighted by Crippen LogP contribution is -2.58. The van der Waals surface area contributed by atoms with E-state index in [9.17, 15) is 14.7 Å². The Morgan fingerprint density at radius 1 is 1.19 bits per heavy atom. The molecular formula is C25H29ClN2O3. The monoisotopic (exact) mass is 440 g/mol. The maximum absolute atomic E-state index is 13.6. The fourth-order valence-electron chi connectivity index (χ4n) is 5.33. The second kappa shape index (κ2) is 9.01. The van der Waals surface area contributed by atoms with Crippen LogP contribution in [0, 0.1) is 5.92 Å². The number of likely N-dealkylation sites (tertiary alicyclic amines) is 1. The second-order valence-corrected chi connectivity index (χ2v) is 9.51. The maximum Gasteiger partial charge on any atom is 0.304 e. The average molecular weight is 441 g/mol. The van der Waals surface area contributed by atoms with Gasteiger partial charge in [0.1, 0.15) is 0 Å². The lowest BCUT2D eigenvalue weighted by Gasteiger charge is -2.42. The number of fused-ring (bicyclic) bond motifs is 1. The van der Waals surface area contributed by atoms with Gasteiger partial charge in [-0.1, -0.05) is 48.0 Å². The molecule has 0 aromatic heterocycles. The zero-order chi connectivity index (χ0) is 22.0. The van der Waals surface area contributed by atoms with E-state index in [1.54, 1.807) is 0 Å². The van der Waals surface area contributed by atoms with E-state index in [0.29, 0.717) is 24.5 Å². The highest BCUT2D eigenvalue weighted by Crippen LogP contribution is 2.41. The molecule has 5 nitrogen and oxygen atoms in total. The first-order valence-corrected chi connectivity index (χ1v) is 11.3. The normalized spacial score (nSPS) is 23.9. The lowest BCUT2D eigenvalue weighted by molar-refractivity contribution is -0.146. The zero-order valence-corrected chi connectivity index (χ0v) is 18.4. The van der Waals surface area contributed by atoms with E-state index in [1.807, 2.05) is 47.4 Å². The van der Waals surface area contributed by atoms with Gasteiger partial charge in [-0.2, -0.15) is 0 Å². The van der Waals surface area contributed by atoms with Crippen LogP contribution in [0.4, 0.5) is 0 Å². The number of hydrogen-bond acceptors (Lipinski definition) is 3. The second-order valence-electron chi connectivity index (χ2n) is 9.08. The third kappa shape index (κ3) is 4.94. The van der Waals surface area contributed by atoms with Crippen LogP contribution in [0.1, 0.15) is 48.3 Å². The van der Waals surface area contributed by atoms with E-state index in [4.69, 9.17) is 17.3 Å². The van der Waals surface area contributed by atoms with Gasteiger partial charge in [-0.25, -0.2) is 0 Å². The minimum Gasteiger partial charge on any atom is -0.481 e. The Hall–Kier alpha value is -2.37. The van der Waals surface area contributed by atoms with Gasteiger partial charge in [0.05, 0.1) is 12.3 Å². The third-order valence-electron chi connectivity index (χ3n) is 6.77. The van der Waals surface area contributed by atoms with Crippen LogP contribution in [0.5, 0.6) is 0 Å². The Labute approximate surface area is 188 Å². The Bertz CT molecular complexity index is 961. The van der Waals surface area contributed by atoms with Crippen molar-refractivity contribution in [2.75, 3.05) is 13.1 Å². The molecule has 3 atom stereocenters. The largest absolute Gasteiger partial charge is 0.481 e. The smallest absolute Gasteiger partial charge is 0.304 e. The number of aliphatic carboxylic acids is 1. The maximum atomic E-state index is 13.6. The zero-order valence-electron chi connectivity index (χ0n) is 17.6. The Morgan fingerprint density at radius 2 is 1.94 bits per heavy atom. The highest BCUT2D eigenvalue weighted by molar-refractivity contribution is 6.30. The summed E-state index contributed by atoms with van der Waals surface area (Å²) in [5, 5.41) is 10.2. The first kappa shape index (κ1) is 21.8. The number of aryl methyl sites for hydroxylation is 1. The van der Waals surface area contributed by atoms with Crippen molar-refractivity contribution in [1.82, 2.24) is 4.90 Å². The summed E-state index contributed by atoms with van der Waals surface area (Å²) < 4.78 is 0. The minimum atomic E-state index is -0.931. The van der Waals surface area contributed by atoms with E-state index in [-0.39, 0.29) is 18.2 Å². The molecule has 164 valence electrons. The van der Waals surface area contributed by atoms with Gasteiger partial charge < -0.3 is 15.7 Å². The van der Waals surface area contributed by atoms with Crippen LogP contribution in [-0.2, 0) is 22.4 Å². The standard InChI is InChI=1S/C25H29ClN2O3/c26-19-9-6-17(7-10-19)15-25(27)12-3-13-28(16-25)24(31)22(14-23(29)30)21-11-8-18-4-1-2-5-20(18)21/h1-2,4-7,9-10,21-22H,3,8,11-16,27H2,(H,29,30)/t21-,22?,25?/m0/s1. The topological polar surface area (TPSA) is 83.6 Å². The molecule has 1 aliphatic carbocycles. The van der Waals surface area contributed by atoms with E-state index >= 15 is 0 Å². The molecule has 0 spiro atoms. The van der Waals surface area contributed by atoms with Gasteiger partial charge in [0, 0.05) is 23.7 Å². The minimum absolute atomic E-state index is 0.0508. The number of carboxylic acid groups (broad SMARTS) is 1. The van der Waals surface area contributed by atoms with Crippen LogP contribution in [0.25, 0.3) is 0 Å². The number of benzene rings is 2. The quantitative estimate of drug-likeness (QED) is 0.710. The Balaban J connectivity index is 1.53. The average Bonchev–Trinajstić information content (AvgIpc) is 3.17. The molecular weight excluding hydrogens is 412 g/mol. The van der Waals surface area contributed by atoms with Gasteiger partial charge in [-0.3, -0.25) is 9.59 Å². The van der Waals surface area contributed by atoms with Crippen molar-refractivity contribution >= 4 is 23.5 Å². The molecule has 2 aromatic rings. The fourth-order valence-corrected chi connectivity index (χ4v) is 5.46. The molecule has 0 bridgehead atoms. The van der Waals surface area contributed by atoms with E-state index in [0.717, 1.165) is 36.8 Å². The number of carbonyl (C=O) groups is 2. The van der Waals surface area contributed by atoms with Gasteiger partial charge in [0.25, 0.3) is 0 Å². The van der Waals surface area contributed by atoms with E-state index in [2.05, 4.69) is 6.07 Å².